The van der Waals surface area contributed by atoms with E-state index in [4.69, 9.17) is 9.47 Å². The Kier molecular flexibility index (Phi) is 4.14. The first kappa shape index (κ1) is 14.3. The molecule has 2 aromatic rings. The molecule has 114 valence electrons. The predicted octanol–water partition coefficient (Wildman–Crippen LogP) is 2.45. The Bertz CT molecular complexity index is 685. The molecule has 0 atom stereocenters. The van der Waals surface area contributed by atoms with Gasteiger partial charge in [-0.05, 0) is 24.6 Å². The number of fused-ring (bicyclic) bond motifs is 1. The number of hydrogen-bond acceptors (Lipinski definition) is 4. The fourth-order valence-corrected chi connectivity index (χ4v) is 2.27. The van der Waals surface area contributed by atoms with E-state index in [1.54, 1.807) is 0 Å². The van der Waals surface area contributed by atoms with Gasteiger partial charge in [-0.2, -0.15) is 0 Å². The third-order valence-corrected chi connectivity index (χ3v) is 3.40. The lowest BCUT2D eigenvalue weighted by Gasteiger charge is -2.09. The zero-order valence-corrected chi connectivity index (χ0v) is 12.4. The fraction of sp³-hybridized carbons (Fsp3) is 0.235. The van der Waals surface area contributed by atoms with Crippen LogP contribution in [0.2, 0.25) is 0 Å². The molecule has 2 aromatic carbocycles. The van der Waals surface area contributed by atoms with Crippen LogP contribution in [0.5, 0.6) is 11.5 Å². The molecule has 5 heteroatoms. The van der Waals surface area contributed by atoms with Gasteiger partial charge in [-0.25, -0.2) is 0 Å². The zero-order chi connectivity index (χ0) is 15.4. The monoisotopic (exact) mass is 298 g/mol. The molecule has 0 aromatic heterocycles. The van der Waals surface area contributed by atoms with Crippen LogP contribution in [0.4, 0.5) is 5.69 Å². The standard InChI is InChI=1S/C17H18N2O3/c1-12-3-2-4-13(7-12)9-19-17(20)10-18-14-5-6-15-16(8-14)22-11-21-15/h2-8,18H,9-11H2,1H3,(H,19,20). The van der Waals surface area contributed by atoms with Crippen molar-refractivity contribution in [2.45, 2.75) is 13.5 Å². The van der Waals surface area contributed by atoms with E-state index in [1.165, 1.54) is 5.56 Å². The highest BCUT2D eigenvalue weighted by molar-refractivity contribution is 5.80. The van der Waals surface area contributed by atoms with Crippen LogP contribution in [-0.4, -0.2) is 19.2 Å². The summed E-state index contributed by atoms with van der Waals surface area (Å²) < 4.78 is 10.5. The van der Waals surface area contributed by atoms with Crippen molar-refractivity contribution < 1.29 is 14.3 Å². The molecule has 1 aliphatic heterocycles. The van der Waals surface area contributed by atoms with Crippen LogP contribution in [0.15, 0.2) is 42.5 Å². The van der Waals surface area contributed by atoms with Crippen molar-refractivity contribution in [3.05, 3.63) is 53.6 Å². The second-order valence-corrected chi connectivity index (χ2v) is 5.19. The molecule has 1 heterocycles. The lowest BCUT2D eigenvalue weighted by molar-refractivity contribution is -0.119. The average Bonchev–Trinajstić information content (AvgIpc) is 2.98. The molecule has 3 rings (SSSR count). The van der Waals surface area contributed by atoms with Crippen molar-refractivity contribution in [3.63, 3.8) is 0 Å². The van der Waals surface area contributed by atoms with Gasteiger partial charge in [0.15, 0.2) is 11.5 Å². The largest absolute Gasteiger partial charge is 0.454 e. The molecular weight excluding hydrogens is 280 g/mol. The Hall–Kier alpha value is -2.69. The van der Waals surface area contributed by atoms with Gasteiger partial charge in [0, 0.05) is 18.3 Å². The molecule has 0 fully saturated rings. The lowest BCUT2D eigenvalue weighted by Crippen LogP contribution is -2.29. The zero-order valence-electron chi connectivity index (χ0n) is 12.4. The summed E-state index contributed by atoms with van der Waals surface area (Å²) in [5, 5.41) is 5.97. The number of hydrogen-bond donors (Lipinski definition) is 2. The molecule has 2 N–H and O–H groups in total. The first-order valence-corrected chi connectivity index (χ1v) is 7.16. The maximum Gasteiger partial charge on any atom is 0.239 e. The molecule has 0 saturated heterocycles. The highest BCUT2D eigenvalue weighted by Crippen LogP contribution is 2.34. The maximum absolute atomic E-state index is 11.9. The number of rotatable bonds is 5. The van der Waals surface area contributed by atoms with E-state index in [0.717, 1.165) is 17.0 Å². The minimum absolute atomic E-state index is 0.0563. The highest BCUT2D eigenvalue weighted by Gasteiger charge is 2.13. The molecule has 22 heavy (non-hydrogen) atoms. The quantitative estimate of drug-likeness (QED) is 0.890. The number of amides is 1. The molecule has 0 spiro atoms. The van der Waals surface area contributed by atoms with Crippen LogP contribution < -0.4 is 20.1 Å². The molecule has 0 unspecified atom stereocenters. The minimum atomic E-state index is -0.0563. The van der Waals surface area contributed by atoms with Gasteiger partial charge in [0.1, 0.15) is 0 Å². The first-order valence-electron chi connectivity index (χ1n) is 7.16. The van der Waals surface area contributed by atoms with E-state index < -0.39 is 0 Å². The molecule has 0 bridgehead atoms. The molecule has 0 aliphatic carbocycles. The molecule has 5 nitrogen and oxygen atoms in total. The van der Waals surface area contributed by atoms with Crippen molar-refractivity contribution in [2.75, 3.05) is 18.7 Å². The normalized spacial score (nSPS) is 12.0. The van der Waals surface area contributed by atoms with Crippen LogP contribution >= 0.6 is 0 Å². The van der Waals surface area contributed by atoms with Gasteiger partial charge >= 0.3 is 0 Å². The number of ether oxygens (including phenoxy) is 2. The highest BCUT2D eigenvalue weighted by atomic mass is 16.7. The number of anilines is 1. The number of nitrogens with one attached hydrogen (secondary N) is 2. The molecule has 0 radical (unpaired) electrons. The van der Waals surface area contributed by atoms with Crippen molar-refractivity contribution in [1.82, 2.24) is 5.32 Å². The van der Waals surface area contributed by atoms with Gasteiger partial charge in [0.05, 0.1) is 6.54 Å². The van der Waals surface area contributed by atoms with E-state index in [1.807, 2.05) is 43.3 Å². The van der Waals surface area contributed by atoms with Crippen LogP contribution in [0.25, 0.3) is 0 Å². The predicted molar refractivity (Wildman–Crippen MR) is 84.1 cm³/mol. The molecular formula is C17H18N2O3. The first-order chi connectivity index (χ1) is 10.7. The summed E-state index contributed by atoms with van der Waals surface area (Å²) in [6, 6.07) is 13.6. The Morgan fingerprint density at radius 2 is 2.00 bits per heavy atom. The number of carbonyl (C=O) groups is 1. The maximum atomic E-state index is 11.9. The number of carbonyl (C=O) groups excluding carboxylic acids is 1. The van der Waals surface area contributed by atoms with Crippen molar-refractivity contribution in [2.24, 2.45) is 0 Å². The van der Waals surface area contributed by atoms with Crippen molar-refractivity contribution in [3.8, 4) is 11.5 Å². The van der Waals surface area contributed by atoms with E-state index >= 15 is 0 Å². The van der Waals surface area contributed by atoms with Crippen LogP contribution in [0.3, 0.4) is 0 Å². The summed E-state index contributed by atoms with van der Waals surface area (Å²) >= 11 is 0. The van der Waals surface area contributed by atoms with Crippen molar-refractivity contribution in [1.29, 1.82) is 0 Å². The molecule has 0 saturated carbocycles. The van der Waals surface area contributed by atoms with E-state index in [2.05, 4.69) is 16.7 Å². The molecule has 1 aliphatic rings. The summed E-state index contributed by atoms with van der Waals surface area (Å²) in [7, 11) is 0. The fourth-order valence-electron chi connectivity index (χ4n) is 2.27. The summed E-state index contributed by atoms with van der Waals surface area (Å²) in [5.41, 5.74) is 3.11. The Balaban J connectivity index is 1.48. The van der Waals surface area contributed by atoms with Gasteiger partial charge < -0.3 is 20.1 Å². The average molecular weight is 298 g/mol. The van der Waals surface area contributed by atoms with Crippen molar-refractivity contribution >= 4 is 11.6 Å². The lowest BCUT2D eigenvalue weighted by atomic mass is 10.1. The smallest absolute Gasteiger partial charge is 0.239 e. The number of benzene rings is 2. The third-order valence-electron chi connectivity index (χ3n) is 3.40. The summed E-state index contributed by atoms with van der Waals surface area (Å²) in [6.07, 6.45) is 0. The van der Waals surface area contributed by atoms with Crippen LogP contribution in [-0.2, 0) is 11.3 Å². The summed E-state index contributed by atoms with van der Waals surface area (Å²) in [4.78, 5) is 11.9. The van der Waals surface area contributed by atoms with Gasteiger partial charge in [-0.3, -0.25) is 4.79 Å². The van der Waals surface area contributed by atoms with Gasteiger partial charge in [-0.15, -0.1) is 0 Å². The van der Waals surface area contributed by atoms with Gasteiger partial charge in [0.2, 0.25) is 12.7 Å². The second-order valence-electron chi connectivity index (χ2n) is 5.19. The van der Waals surface area contributed by atoms with E-state index in [0.29, 0.717) is 12.3 Å². The Labute approximate surface area is 129 Å². The van der Waals surface area contributed by atoms with E-state index in [-0.39, 0.29) is 19.2 Å². The molecule has 1 amide bonds. The van der Waals surface area contributed by atoms with Crippen LogP contribution in [0.1, 0.15) is 11.1 Å². The Morgan fingerprint density at radius 3 is 2.86 bits per heavy atom. The minimum Gasteiger partial charge on any atom is -0.454 e. The summed E-state index contributed by atoms with van der Waals surface area (Å²) in [6.45, 7) is 3.02. The van der Waals surface area contributed by atoms with Gasteiger partial charge in [-0.1, -0.05) is 29.8 Å². The summed E-state index contributed by atoms with van der Waals surface area (Å²) in [5.74, 6) is 1.37. The van der Waals surface area contributed by atoms with E-state index in [9.17, 15) is 4.79 Å². The van der Waals surface area contributed by atoms with Gasteiger partial charge in [0.25, 0.3) is 0 Å². The Morgan fingerprint density at radius 1 is 1.14 bits per heavy atom. The number of aryl methyl sites for hydroxylation is 1. The second kappa shape index (κ2) is 6.39. The van der Waals surface area contributed by atoms with Crippen LogP contribution in [0, 0.1) is 6.92 Å². The third kappa shape index (κ3) is 3.49. The SMILES string of the molecule is Cc1cccc(CNC(=O)CNc2ccc3c(c2)OCO3)c1. The topological polar surface area (TPSA) is 59.6 Å².